The summed E-state index contributed by atoms with van der Waals surface area (Å²) < 4.78 is 4.94. The molecule has 1 aromatic rings. The number of carbonyl (C=O) groups excluding carboxylic acids is 1. The minimum absolute atomic E-state index is 0.332. The second-order valence-electron chi connectivity index (χ2n) is 6.55. The summed E-state index contributed by atoms with van der Waals surface area (Å²) in [5, 5.41) is 10.3. The largest absolute Gasteiger partial charge is 0.462 e. The van der Waals surface area contributed by atoms with Crippen LogP contribution in [-0.4, -0.2) is 25.8 Å². The highest BCUT2D eigenvalue weighted by atomic mass is 28.3. The molecule has 0 spiro atoms. The molecule has 21 heavy (non-hydrogen) atoms. The van der Waals surface area contributed by atoms with Gasteiger partial charge in [-0.1, -0.05) is 37.3 Å². The Morgan fingerprint density at radius 3 is 2.33 bits per heavy atom. The van der Waals surface area contributed by atoms with E-state index in [2.05, 4.69) is 26.2 Å². The fraction of sp³-hybridized carbons (Fsp3) is 0.471. The Kier molecular flexibility index (Phi) is 6.36. The monoisotopic (exact) mass is 306 g/mol. The summed E-state index contributed by atoms with van der Waals surface area (Å²) in [5.41, 5.74) is 2.41. The summed E-state index contributed by atoms with van der Waals surface area (Å²) in [5.74, 6) is -0.332. The predicted octanol–water partition coefficient (Wildman–Crippen LogP) is 4.18. The quantitative estimate of drug-likeness (QED) is 0.467. The van der Waals surface area contributed by atoms with Crippen LogP contribution in [0.25, 0.3) is 0 Å². The second kappa shape index (κ2) is 7.57. The third kappa shape index (κ3) is 6.27. The molecule has 0 aliphatic rings. The molecular formula is C17H26O3Si. The molecule has 0 heterocycles. The number of aliphatic hydroxyl groups excluding tert-OH is 1. The highest BCUT2D eigenvalue weighted by molar-refractivity contribution is 6.76. The van der Waals surface area contributed by atoms with Gasteiger partial charge in [-0.3, -0.25) is 0 Å². The lowest BCUT2D eigenvalue weighted by Crippen LogP contribution is -2.20. The van der Waals surface area contributed by atoms with E-state index in [1.54, 1.807) is 31.2 Å². The van der Waals surface area contributed by atoms with Gasteiger partial charge >= 0.3 is 5.97 Å². The van der Waals surface area contributed by atoms with Crippen molar-refractivity contribution in [3.63, 3.8) is 0 Å². The van der Waals surface area contributed by atoms with Gasteiger partial charge in [-0.2, -0.15) is 0 Å². The van der Waals surface area contributed by atoms with Crippen molar-refractivity contribution >= 4 is 14.0 Å². The molecule has 0 radical (unpaired) electrons. The molecule has 0 aromatic heterocycles. The van der Waals surface area contributed by atoms with Gasteiger partial charge in [-0.05, 0) is 37.1 Å². The van der Waals surface area contributed by atoms with E-state index in [1.807, 2.05) is 0 Å². The van der Waals surface area contributed by atoms with Crippen molar-refractivity contribution in [2.75, 3.05) is 6.61 Å². The number of hydrogen-bond acceptors (Lipinski definition) is 3. The summed E-state index contributed by atoms with van der Waals surface area (Å²) in [7, 11) is -1.19. The fourth-order valence-corrected chi connectivity index (χ4v) is 3.91. The predicted molar refractivity (Wildman–Crippen MR) is 89.3 cm³/mol. The molecule has 1 rings (SSSR count). The molecule has 1 unspecified atom stereocenters. The van der Waals surface area contributed by atoms with Gasteiger partial charge in [0.25, 0.3) is 0 Å². The first kappa shape index (κ1) is 17.7. The maximum Gasteiger partial charge on any atom is 0.338 e. The molecule has 0 bridgehead atoms. The molecule has 1 N–H and O–H groups in total. The van der Waals surface area contributed by atoms with Crippen molar-refractivity contribution in [3.8, 4) is 0 Å². The minimum atomic E-state index is -1.19. The van der Waals surface area contributed by atoms with E-state index < -0.39 is 14.2 Å². The number of benzene rings is 1. The number of ether oxygens (including phenoxy) is 1. The Bertz CT molecular complexity index is 486. The van der Waals surface area contributed by atoms with E-state index in [9.17, 15) is 9.90 Å². The van der Waals surface area contributed by atoms with Crippen LogP contribution in [0.2, 0.25) is 25.7 Å². The molecule has 0 amide bonds. The van der Waals surface area contributed by atoms with Crippen LogP contribution in [-0.2, 0) is 4.74 Å². The van der Waals surface area contributed by atoms with Crippen LogP contribution in [0.3, 0.4) is 0 Å². The Labute approximate surface area is 128 Å². The topological polar surface area (TPSA) is 46.5 Å². The molecule has 0 aliphatic heterocycles. The number of aliphatic hydroxyl groups is 1. The second-order valence-corrected chi connectivity index (χ2v) is 12.0. The first-order chi connectivity index (χ1) is 9.73. The summed E-state index contributed by atoms with van der Waals surface area (Å²) in [6, 6.07) is 7.96. The van der Waals surface area contributed by atoms with Gasteiger partial charge in [0.1, 0.15) is 0 Å². The number of esters is 1. The van der Waals surface area contributed by atoms with Crippen molar-refractivity contribution < 1.29 is 14.6 Å². The van der Waals surface area contributed by atoms with Gasteiger partial charge in [0.15, 0.2) is 0 Å². The summed E-state index contributed by atoms with van der Waals surface area (Å²) in [6.07, 6.45) is 0.00772. The molecule has 0 saturated heterocycles. The highest BCUT2D eigenvalue weighted by Gasteiger charge is 2.17. The smallest absolute Gasteiger partial charge is 0.338 e. The van der Waals surface area contributed by atoms with Gasteiger partial charge in [0, 0.05) is 8.07 Å². The SMILES string of the molecule is C=C(CC(O)c1ccc(C(=O)OCC)cc1)C[Si](C)(C)C. The van der Waals surface area contributed by atoms with E-state index in [4.69, 9.17) is 4.74 Å². The number of carbonyl (C=O) groups is 1. The lowest BCUT2D eigenvalue weighted by Gasteiger charge is -2.20. The van der Waals surface area contributed by atoms with Gasteiger partial charge in [-0.15, -0.1) is 6.58 Å². The third-order valence-electron chi connectivity index (χ3n) is 3.07. The maximum atomic E-state index is 11.6. The van der Waals surface area contributed by atoms with Crippen LogP contribution in [0.1, 0.15) is 35.4 Å². The Hall–Kier alpha value is -1.39. The molecule has 0 aliphatic carbocycles. The van der Waals surface area contributed by atoms with E-state index in [1.165, 1.54) is 0 Å². The van der Waals surface area contributed by atoms with Crippen molar-refractivity contribution in [2.24, 2.45) is 0 Å². The van der Waals surface area contributed by atoms with Crippen molar-refractivity contribution in [1.29, 1.82) is 0 Å². The third-order valence-corrected chi connectivity index (χ3v) is 4.63. The van der Waals surface area contributed by atoms with Crippen molar-refractivity contribution in [1.82, 2.24) is 0 Å². The Balaban J connectivity index is 2.65. The molecule has 3 nitrogen and oxygen atoms in total. The standard InChI is InChI=1S/C17H26O3Si/c1-6-20-17(19)15-9-7-14(8-10-15)16(18)11-13(2)12-21(3,4)5/h7-10,16,18H,2,6,11-12H2,1,3-5H3. The van der Waals surface area contributed by atoms with Gasteiger partial charge in [0.05, 0.1) is 18.3 Å². The maximum absolute atomic E-state index is 11.6. The molecule has 4 heteroatoms. The van der Waals surface area contributed by atoms with Crippen LogP contribution in [0.4, 0.5) is 0 Å². The fourth-order valence-electron chi connectivity index (χ4n) is 2.27. The molecule has 0 saturated carbocycles. The molecular weight excluding hydrogens is 280 g/mol. The molecule has 1 aromatic carbocycles. The molecule has 116 valence electrons. The van der Waals surface area contributed by atoms with Crippen LogP contribution in [0, 0.1) is 0 Å². The average molecular weight is 306 g/mol. The zero-order valence-corrected chi connectivity index (χ0v) is 14.5. The van der Waals surface area contributed by atoms with Gasteiger partial charge in [0.2, 0.25) is 0 Å². The number of rotatable bonds is 7. The molecule has 1 atom stereocenters. The minimum Gasteiger partial charge on any atom is -0.462 e. The van der Waals surface area contributed by atoms with Crippen LogP contribution < -0.4 is 0 Å². The van der Waals surface area contributed by atoms with Crippen LogP contribution >= 0.6 is 0 Å². The Morgan fingerprint density at radius 2 is 1.86 bits per heavy atom. The zero-order valence-electron chi connectivity index (χ0n) is 13.5. The summed E-state index contributed by atoms with van der Waals surface area (Å²) in [6.45, 7) is 13.1. The summed E-state index contributed by atoms with van der Waals surface area (Å²) in [4.78, 5) is 11.6. The van der Waals surface area contributed by atoms with Crippen LogP contribution in [0.15, 0.2) is 36.4 Å². The van der Waals surface area contributed by atoms with Gasteiger partial charge < -0.3 is 9.84 Å². The first-order valence-corrected chi connectivity index (χ1v) is 11.1. The number of hydrogen-bond donors (Lipinski definition) is 1. The van der Waals surface area contributed by atoms with E-state index in [-0.39, 0.29) is 5.97 Å². The lowest BCUT2D eigenvalue weighted by atomic mass is 10.0. The van der Waals surface area contributed by atoms with Crippen LogP contribution in [0.5, 0.6) is 0 Å². The molecule has 0 fully saturated rings. The average Bonchev–Trinajstić information content (AvgIpc) is 2.36. The zero-order chi connectivity index (χ0) is 16.0. The highest BCUT2D eigenvalue weighted by Crippen LogP contribution is 2.25. The van der Waals surface area contributed by atoms with E-state index in [0.29, 0.717) is 18.6 Å². The lowest BCUT2D eigenvalue weighted by molar-refractivity contribution is 0.0526. The van der Waals surface area contributed by atoms with E-state index >= 15 is 0 Å². The Morgan fingerprint density at radius 1 is 1.29 bits per heavy atom. The van der Waals surface area contributed by atoms with Gasteiger partial charge in [-0.25, -0.2) is 4.79 Å². The van der Waals surface area contributed by atoms with Crippen molar-refractivity contribution in [2.45, 2.75) is 45.1 Å². The summed E-state index contributed by atoms with van der Waals surface area (Å²) >= 11 is 0. The normalized spacial score (nSPS) is 12.8. The van der Waals surface area contributed by atoms with E-state index in [0.717, 1.165) is 17.2 Å². The van der Waals surface area contributed by atoms with Crippen molar-refractivity contribution in [3.05, 3.63) is 47.5 Å². The first-order valence-electron chi connectivity index (χ1n) is 7.34.